The molecule has 1 aromatic rings. The van der Waals surface area contributed by atoms with Crippen molar-refractivity contribution in [2.75, 3.05) is 34.4 Å². The summed E-state index contributed by atoms with van der Waals surface area (Å²) in [5.74, 6) is 2.65. The first-order valence-corrected chi connectivity index (χ1v) is 9.89. The Hall–Kier alpha value is -0.830. The normalized spacial score (nSPS) is 20.3. The number of aryl methyl sites for hydroxylation is 1. The molecule has 0 aliphatic heterocycles. The lowest BCUT2D eigenvalue weighted by Crippen LogP contribution is -2.41. The van der Waals surface area contributed by atoms with Gasteiger partial charge in [-0.05, 0) is 38.5 Å². The van der Waals surface area contributed by atoms with E-state index in [0.717, 1.165) is 43.1 Å². The van der Waals surface area contributed by atoms with E-state index in [9.17, 15) is 0 Å². The van der Waals surface area contributed by atoms with Crippen LogP contribution in [0.25, 0.3) is 0 Å². The van der Waals surface area contributed by atoms with Crippen LogP contribution in [0, 0.1) is 25.7 Å². The number of methoxy groups -OCH3 is 1. The first kappa shape index (κ1) is 24.2. The Kier molecular flexibility index (Phi) is 10.7. The molecule has 27 heavy (non-hydrogen) atoms. The van der Waals surface area contributed by atoms with Crippen molar-refractivity contribution in [2.45, 2.75) is 59.5 Å². The van der Waals surface area contributed by atoms with Crippen molar-refractivity contribution in [1.29, 1.82) is 0 Å². The van der Waals surface area contributed by atoms with Gasteiger partial charge in [-0.15, -0.1) is 24.0 Å². The maximum Gasteiger partial charge on any atom is 0.193 e. The van der Waals surface area contributed by atoms with Crippen LogP contribution in [0.1, 0.15) is 49.6 Å². The van der Waals surface area contributed by atoms with Gasteiger partial charge in [-0.2, -0.15) is 5.10 Å². The fourth-order valence-electron chi connectivity index (χ4n) is 3.92. The molecule has 1 aromatic heterocycles. The van der Waals surface area contributed by atoms with Gasteiger partial charge in [0.15, 0.2) is 5.96 Å². The van der Waals surface area contributed by atoms with Gasteiger partial charge in [0, 0.05) is 45.6 Å². The van der Waals surface area contributed by atoms with Crippen molar-refractivity contribution in [3.63, 3.8) is 0 Å². The monoisotopic (exact) mass is 491 g/mol. The zero-order valence-corrected chi connectivity index (χ0v) is 20.2. The Labute approximate surface area is 182 Å². The van der Waals surface area contributed by atoms with Gasteiger partial charge in [-0.3, -0.25) is 9.67 Å². The number of aromatic nitrogens is 2. The maximum atomic E-state index is 5.17. The van der Waals surface area contributed by atoms with Crippen LogP contribution >= 0.6 is 24.0 Å². The van der Waals surface area contributed by atoms with E-state index in [2.05, 4.69) is 48.1 Å². The van der Waals surface area contributed by atoms with Gasteiger partial charge in [-0.25, -0.2) is 0 Å². The van der Waals surface area contributed by atoms with E-state index in [4.69, 9.17) is 4.74 Å². The third-order valence-corrected chi connectivity index (χ3v) is 5.70. The van der Waals surface area contributed by atoms with E-state index in [0.29, 0.717) is 6.61 Å². The van der Waals surface area contributed by atoms with E-state index in [-0.39, 0.29) is 24.0 Å². The number of rotatable bonds is 7. The van der Waals surface area contributed by atoms with Crippen molar-refractivity contribution in [3.05, 3.63) is 17.0 Å². The van der Waals surface area contributed by atoms with Crippen LogP contribution in [-0.4, -0.2) is 55.0 Å². The molecule has 0 saturated heterocycles. The molecule has 7 heteroatoms. The Bertz CT molecular complexity index is 593. The highest BCUT2D eigenvalue weighted by Crippen LogP contribution is 2.28. The minimum Gasteiger partial charge on any atom is -0.383 e. The highest BCUT2D eigenvalue weighted by molar-refractivity contribution is 14.0. The van der Waals surface area contributed by atoms with Gasteiger partial charge >= 0.3 is 0 Å². The average Bonchev–Trinajstić information content (AvgIpc) is 2.89. The Morgan fingerprint density at radius 1 is 1.30 bits per heavy atom. The molecular formula is C20H38IN5O. The summed E-state index contributed by atoms with van der Waals surface area (Å²) >= 11 is 0. The predicted molar refractivity (Wildman–Crippen MR) is 123 cm³/mol. The van der Waals surface area contributed by atoms with E-state index < -0.39 is 0 Å². The van der Waals surface area contributed by atoms with Gasteiger partial charge in [0.05, 0.1) is 18.8 Å². The minimum absolute atomic E-state index is 0. The summed E-state index contributed by atoms with van der Waals surface area (Å²) in [6.07, 6.45) is 5.41. The van der Waals surface area contributed by atoms with Crippen LogP contribution in [0.15, 0.2) is 4.99 Å². The summed E-state index contributed by atoms with van der Waals surface area (Å²) in [6, 6.07) is 0. The molecule has 6 nitrogen and oxygen atoms in total. The smallest absolute Gasteiger partial charge is 0.193 e. The zero-order chi connectivity index (χ0) is 19.1. The van der Waals surface area contributed by atoms with Crippen LogP contribution in [0.2, 0.25) is 0 Å². The molecule has 0 unspecified atom stereocenters. The molecule has 156 valence electrons. The number of hydrogen-bond acceptors (Lipinski definition) is 3. The average molecular weight is 491 g/mol. The Balaban J connectivity index is 0.00000364. The predicted octanol–water partition coefficient (Wildman–Crippen LogP) is 3.60. The van der Waals surface area contributed by atoms with E-state index >= 15 is 0 Å². The number of hydrogen-bond donors (Lipinski definition) is 1. The Morgan fingerprint density at radius 3 is 2.56 bits per heavy atom. The summed E-state index contributed by atoms with van der Waals surface area (Å²) in [6.45, 7) is 9.88. The molecule has 0 atom stereocenters. The van der Waals surface area contributed by atoms with Crippen LogP contribution in [0.4, 0.5) is 0 Å². The van der Waals surface area contributed by atoms with Gasteiger partial charge in [-0.1, -0.05) is 19.8 Å². The van der Waals surface area contributed by atoms with E-state index in [1.54, 1.807) is 7.11 Å². The summed E-state index contributed by atoms with van der Waals surface area (Å²) in [5.41, 5.74) is 3.53. The summed E-state index contributed by atoms with van der Waals surface area (Å²) in [5, 5.41) is 8.17. The maximum absolute atomic E-state index is 5.17. The van der Waals surface area contributed by atoms with Crippen molar-refractivity contribution in [3.8, 4) is 0 Å². The second kappa shape index (κ2) is 11.9. The standard InChI is InChI=1S/C20H37N5O.HI/c1-15-7-9-18(10-8-15)14-24(5)20(21-4)22-13-19-16(2)23-25(17(19)3)11-12-26-6;/h15,18H,7-14H2,1-6H3,(H,21,22);1H. The molecule has 0 spiro atoms. The molecule has 1 aliphatic rings. The summed E-state index contributed by atoms with van der Waals surface area (Å²) < 4.78 is 7.21. The van der Waals surface area contributed by atoms with Crippen molar-refractivity contribution in [1.82, 2.24) is 20.0 Å². The molecule has 1 fully saturated rings. The molecule has 1 N–H and O–H groups in total. The second-order valence-electron chi connectivity index (χ2n) is 7.77. The molecule has 2 rings (SSSR count). The summed E-state index contributed by atoms with van der Waals surface area (Å²) in [4.78, 5) is 6.76. The number of nitrogens with one attached hydrogen (secondary N) is 1. The topological polar surface area (TPSA) is 54.7 Å². The highest BCUT2D eigenvalue weighted by Gasteiger charge is 2.21. The number of guanidine groups is 1. The van der Waals surface area contributed by atoms with Crippen molar-refractivity contribution >= 4 is 29.9 Å². The third-order valence-electron chi connectivity index (χ3n) is 5.70. The van der Waals surface area contributed by atoms with E-state index in [1.165, 1.54) is 36.9 Å². The van der Waals surface area contributed by atoms with Gasteiger partial charge in [0.2, 0.25) is 0 Å². The fraction of sp³-hybridized carbons (Fsp3) is 0.800. The quantitative estimate of drug-likeness (QED) is 0.360. The molecule has 0 amide bonds. The molecule has 1 aliphatic carbocycles. The molecule has 0 aromatic carbocycles. The lowest BCUT2D eigenvalue weighted by Gasteiger charge is -2.31. The van der Waals surface area contributed by atoms with Crippen molar-refractivity contribution in [2.24, 2.45) is 16.8 Å². The number of aliphatic imine (C=N–C) groups is 1. The fourth-order valence-corrected chi connectivity index (χ4v) is 3.92. The number of halogens is 1. The van der Waals surface area contributed by atoms with Crippen LogP contribution < -0.4 is 5.32 Å². The van der Waals surface area contributed by atoms with Crippen molar-refractivity contribution < 1.29 is 4.74 Å². The zero-order valence-electron chi connectivity index (χ0n) is 17.9. The lowest BCUT2D eigenvalue weighted by atomic mass is 9.83. The molecule has 0 radical (unpaired) electrons. The van der Waals surface area contributed by atoms with Gasteiger partial charge < -0.3 is 15.0 Å². The van der Waals surface area contributed by atoms with Crippen LogP contribution in [0.5, 0.6) is 0 Å². The first-order chi connectivity index (χ1) is 12.5. The minimum atomic E-state index is 0. The third kappa shape index (κ3) is 6.93. The van der Waals surface area contributed by atoms with Crippen LogP contribution in [-0.2, 0) is 17.8 Å². The molecule has 1 saturated carbocycles. The van der Waals surface area contributed by atoms with E-state index in [1.807, 2.05) is 11.7 Å². The number of ether oxygens (including phenoxy) is 1. The first-order valence-electron chi connectivity index (χ1n) is 9.89. The van der Waals surface area contributed by atoms with Crippen LogP contribution in [0.3, 0.4) is 0 Å². The largest absolute Gasteiger partial charge is 0.383 e. The lowest BCUT2D eigenvalue weighted by molar-refractivity contribution is 0.182. The Morgan fingerprint density at radius 2 is 1.96 bits per heavy atom. The molecular weight excluding hydrogens is 453 g/mol. The van der Waals surface area contributed by atoms with Gasteiger partial charge in [0.1, 0.15) is 0 Å². The molecule has 1 heterocycles. The molecule has 0 bridgehead atoms. The highest BCUT2D eigenvalue weighted by atomic mass is 127. The number of nitrogens with zero attached hydrogens (tertiary/aromatic N) is 4. The SMILES string of the molecule is CN=C(NCc1c(C)nn(CCOC)c1C)N(C)CC1CCC(C)CC1.I. The summed E-state index contributed by atoms with van der Waals surface area (Å²) in [7, 11) is 5.74. The second-order valence-corrected chi connectivity index (χ2v) is 7.77. The van der Waals surface area contributed by atoms with Gasteiger partial charge in [0.25, 0.3) is 0 Å².